The molecule has 144 valence electrons. The van der Waals surface area contributed by atoms with E-state index in [1.54, 1.807) is 0 Å². The minimum absolute atomic E-state index is 0.556. The van der Waals surface area contributed by atoms with Crippen molar-refractivity contribution in [2.24, 2.45) is 0 Å². The molecule has 0 aliphatic heterocycles. The van der Waals surface area contributed by atoms with Crippen LogP contribution in [-0.4, -0.2) is 5.11 Å². The van der Waals surface area contributed by atoms with Crippen LogP contribution in [0.2, 0.25) is 5.02 Å². The Labute approximate surface area is 176 Å². The van der Waals surface area contributed by atoms with E-state index in [9.17, 15) is 0 Å². The van der Waals surface area contributed by atoms with E-state index in [1.165, 1.54) is 5.56 Å². The Morgan fingerprint density at radius 2 is 1.61 bits per heavy atom. The van der Waals surface area contributed by atoms with E-state index in [1.807, 2.05) is 55.5 Å². The van der Waals surface area contributed by atoms with Crippen LogP contribution in [-0.2, 0) is 24.5 Å². The van der Waals surface area contributed by atoms with Gasteiger partial charge < -0.3 is 15.4 Å². The molecule has 0 aliphatic carbocycles. The number of rotatable bonds is 7. The Morgan fingerprint density at radius 3 is 2.39 bits per heavy atom. The SMILES string of the molecule is Cc1c(Cl)cccc1NC(=S)NCc1ccccc1COCc1ccccc1. The van der Waals surface area contributed by atoms with Crippen molar-refractivity contribution in [3.05, 3.63) is 100 Å². The zero-order valence-corrected chi connectivity index (χ0v) is 17.3. The van der Waals surface area contributed by atoms with Crippen LogP contribution in [0.3, 0.4) is 0 Å². The molecule has 0 fully saturated rings. The molecule has 0 saturated heterocycles. The first-order chi connectivity index (χ1) is 13.6. The predicted octanol–water partition coefficient (Wildman–Crippen LogP) is 5.85. The van der Waals surface area contributed by atoms with Crippen molar-refractivity contribution in [2.75, 3.05) is 5.32 Å². The molecule has 0 amide bonds. The summed E-state index contributed by atoms with van der Waals surface area (Å²) in [6.45, 7) is 3.74. The average Bonchev–Trinajstić information content (AvgIpc) is 2.71. The third-order valence-electron chi connectivity index (χ3n) is 4.44. The first-order valence-corrected chi connectivity index (χ1v) is 9.90. The van der Waals surface area contributed by atoms with Crippen molar-refractivity contribution >= 4 is 34.6 Å². The molecule has 0 unspecified atom stereocenters. The Balaban J connectivity index is 1.54. The van der Waals surface area contributed by atoms with Gasteiger partial charge in [0, 0.05) is 17.3 Å². The lowest BCUT2D eigenvalue weighted by Crippen LogP contribution is -2.28. The molecule has 5 heteroatoms. The van der Waals surface area contributed by atoms with Gasteiger partial charge in [0.2, 0.25) is 0 Å². The minimum Gasteiger partial charge on any atom is -0.372 e. The molecule has 3 nitrogen and oxygen atoms in total. The molecule has 0 aliphatic rings. The van der Waals surface area contributed by atoms with E-state index in [2.05, 4.69) is 34.9 Å². The zero-order valence-electron chi connectivity index (χ0n) is 15.7. The van der Waals surface area contributed by atoms with Gasteiger partial charge >= 0.3 is 0 Å². The van der Waals surface area contributed by atoms with Crippen LogP contribution < -0.4 is 10.6 Å². The number of hydrogen-bond donors (Lipinski definition) is 2. The molecule has 28 heavy (non-hydrogen) atoms. The highest BCUT2D eigenvalue weighted by molar-refractivity contribution is 7.80. The number of thiocarbonyl (C=S) groups is 1. The standard InChI is InChI=1S/C23H23ClN2OS/c1-17-21(24)12-7-13-22(17)26-23(28)25-14-19-10-5-6-11-20(19)16-27-15-18-8-3-2-4-9-18/h2-13H,14-16H2,1H3,(H2,25,26,28). The van der Waals surface area contributed by atoms with E-state index in [-0.39, 0.29) is 0 Å². The maximum atomic E-state index is 6.17. The van der Waals surface area contributed by atoms with E-state index in [0.29, 0.717) is 29.9 Å². The summed E-state index contributed by atoms with van der Waals surface area (Å²) in [7, 11) is 0. The lowest BCUT2D eigenvalue weighted by molar-refractivity contribution is 0.106. The van der Waals surface area contributed by atoms with Gasteiger partial charge in [-0.15, -0.1) is 0 Å². The Hall–Kier alpha value is -2.40. The normalized spacial score (nSPS) is 10.5. The lowest BCUT2D eigenvalue weighted by atomic mass is 10.1. The van der Waals surface area contributed by atoms with Crippen molar-refractivity contribution in [3.8, 4) is 0 Å². The topological polar surface area (TPSA) is 33.3 Å². The van der Waals surface area contributed by atoms with Crippen LogP contribution in [0.4, 0.5) is 5.69 Å². The third kappa shape index (κ3) is 5.80. The summed E-state index contributed by atoms with van der Waals surface area (Å²) in [5.41, 5.74) is 5.35. The Kier molecular flexibility index (Phi) is 7.43. The van der Waals surface area contributed by atoms with Gasteiger partial charge in [0.25, 0.3) is 0 Å². The van der Waals surface area contributed by atoms with Crippen molar-refractivity contribution in [1.29, 1.82) is 0 Å². The van der Waals surface area contributed by atoms with Crippen molar-refractivity contribution in [1.82, 2.24) is 5.32 Å². The fraction of sp³-hybridized carbons (Fsp3) is 0.174. The summed E-state index contributed by atoms with van der Waals surface area (Å²) >= 11 is 11.6. The van der Waals surface area contributed by atoms with Crippen LogP contribution >= 0.6 is 23.8 Å². The summed E-state index contributed by atoms with van der Waals surface area (Å²) in [5.74, 6) is 0. The molecule has 2 N–H and O–H groups in total. The maximum absolute atomic E-state index is 6.17. The summed E-state index contributed by atoms with van der Waals surface area (Å²) in [6, 6.07) is 24.1. The fourth-order valence-electron chi connectivity index (χ4n) is 2.81. The molecule has 0 radical (unpaired) electrons. The van der Waals surface area contributed by atoms with Crippen LogP contribution in [0, 0.1) is 6.92 Å². The van der Waals surface area contributed by atoms with E-state index in [4.69, 9.17) is 28.6 Å². The number of halogens is 1. The van der Waals surface area contributed by atoms with Gasteiger partial charge in [0.1, 0.15) is 0 Å². The van der Waals surface area contributed by atoms with E-state index < -0.39 is 0 Å². The number of hydrogen-bond acceptors (Lipinski definition) is 2. The van der Waals surface area contributed by atoms with Gasteiger partial charge in [0.15, 0.2) is 5.11 Å². The quantitative estimate of drug-likeness (QED) is 0.478. The average molecular weight is 411 g/mol. The molecule has 3 aromatic carbocycles. The molecule has 0 spiro atoms. The molecular weight excluding hydrogens is 388 g/mol. The zero-order chi connectivity index (χ0) is 19.8. The fourth-order valence-corrected chi connectivity index (χ4v) is 3.17. The van der Waals surface area contributed by atoms with Gasteiger partial charge in [-0.2, -0.15) is 0 Å². The highest BCUT2D eigenvalue weighted by atomic mass is 35.5. The van der Waals surface area contributed by atoms with E-state index in [0.717, 1.165) is 22.4 Å². The van der Waals surface area contributed by atoms with Gasteiger partial charge in [-0.3, -0.25) is 0 Å². The predicted molar refractivity (Wildman–Crippen MR) is 121 cm³/mol. The van der Waals surface area contributed by atoms with Crippen LogP contribution in [0.1, 0.15) is 22.3 Å². The lowest BCUT2D eigenvalue weighted by Gasteiger charge is -2.15. The maximum Gasteiger partial charge on any atom is 0.171 e. The van der Waals surface area contributed by atoms with Crippen molar-refractivity contribution < 1.29 is 4.74 Å². The first kappa shape index (κ1) is 20.3. The smallest absolute Gasteiger partial charge is 0.171 e. The first-order valence-electron chi connectivity index (χ1n) is 9.12. The molecule has 0 saturated carbocycles. The summed E-state index contributed by atoms with van der Waals surface area (Å²) in [4.78, 5) is 0. The molecule has 0 heterocycles. The number of anilines is 1. The molecule has 3 rings (SSSR count). The number of nitrogens with one attached hydrogen (secondary N) is 2. The van der Waals surface area contributed by atoms with Crippen LogP contribution in [0.25, 0.3) is 0 Å². The second kappa shape index (κ2) is 10.2. The van der Waals surface area contributed by atoms with Gasteiger partial charge in [-0.25, -0.2) is 0 Å². The monoisotopic (exact) mass is 410 g/mol. The molecular formula is C23H23ClN2OS. The summed E-state index contributed by atoms with van der Waals surface area (Å²) < 4.78 is 5.89. The third-order valence-corrected chi connectivity index (χ3v) is 5.10. The summed E-state index contributed by atoms with van der Waals surface area (Å²) in [5, 5.41) is 7.75. The van der Waals surface area contributed by atoms with Crippen molar-refractivity contribution in [2.45, 2.75) is 26.7 Å². The molecule has 0 bridgehead atoms. The molecule has 3 aromatic rings. The van der Waals surface area contributed by atoms with Gasteiger partial charge in [-0.1, -0.05) is 72.3 Å². The highest BCUT2D eigenvalue weighted by Gasteiger charge is 2.06. The minimum atomic E-state index is 0.556. The molecule has 0 atom stereocenters. The van der Waals surface area contributed by atoms with Gasteiger partial charge in [-0.05, 0) is 53.5 Å². The van der Waals surface area contributed by atoms with Gasteiger partial charge in [0.05, 0.1) is 13.2 Å². The largest absolute Gasteiger partial charge is 0.372 e. The summed E-state index contributed by atoms with van der Waals surface area (Å²) in [6.07, 6.45) is 0. The van der Waals surface area contributed by atoms with Crippen LogP contribution in [0.15, 0.2) is 72.8 Å². The Morgan fingerprint density at radius 1 is 0.893 bits per heavy atom. The Bertz CT molecular complexity index is 931. The number of ether oxygens (including phenoxy) is 1. The number of benzene rings is 3. The van der Waals surface area contributed by atoms with Crippen LogP contribution in [0.5, 0.6) is 0 Å². The highest BCUT2D eigenvalue weighted by Crippen LogP contribution is 2.22. The second-order valence-electron chi connectivity index (χ2n) is 6.47. The van der Waals surface area contributed by atoms with Crippen molar-refractivity contribution in [3.63, 3.8) is 0 Å². The van der Waals surface area contributed by atoms with E-state index >= 15 is 0 Å². The molecule has 0 aromatic heterocycles. The second-order valence-corrected chi connectivity index (χ2v) is 7.28.